The molecular formula is C30H27ClN4O3. The number of ether oxygens (including phenoxy) is 1. The summed E-state index contributed by atoms with van der Waals surface area (Å²) in [5, 5.41) is 3.52. The van der Waals surface area contributed by atoms with Gasteiger partial charge < -0.3 is 19.5 Å². The summed E-state index contributed by atoms with van der Waals surface area (Å²) in [6, 6.07) is 26.0. The van der Waals surface area contributed by atoms with Crippen LogP contribution in [0.15, 0.2) is 91.1 Å². The second kappa shape index (κ2) is 9.91. The maximum atomic E-state index is 14.2. The highest BCUT2D eigenvalue weighted by atomic mass is 35.5. The Kier molecular flexibility index (Phi) is 6.29. The van der Waals surface area contributed by atoms with Gasteiger partial charge in [-0.05, 0) is 79.1 Å². The number of aromatic nitrogens is 1. The maximum Gasteiger partial charge on any atom is 0.322 e. The fraction of sp³-hybridized carbons (Fsp3) is 0.200. The zero-order valence-electron chi connectivity index (χ0n) is 20.9. The number of amides is 3. The van der Waals surface area contributed by atoms with Gasteiger partial charge in [0.05, 0.1) is 24.2 Å². The number of carbonyl (C=O) groups excluding carboxylic acids is 2. The van der Waals surface area contributed by atoms with Crippen LogP contribution in [0.1, 0.15) is 30.1 Å². The molecule has 2 heterocycles. The summed E-state index contributed by atoms with van der Waals surface area (Å²) in [7, 11) is 1.63. The second-order valence-corrected chi connectivity index (χ2v) is 9.96. The second-order valence-electron chi connectivity index (χ2n) is 9.53. The van der Waals surface area contributed by atoms with Gasteiger partial charge >= 0.3 is 6.03 Å². The molecule has 1 N–H and O–H groups in total. The topological polar surface area (TPSA) is 66.8 Å². The van der Waals surface area contributed by atoms with Gasteiger partial charge in [-0.3, -0.25) is 9.69 Å². The lowest BCUT2D eigenvalue weighted by atomic mass is 9.97. The molecule has 1 saturated carbocycles. The van der Waals surface area contributed by atoms with Crippen LogP contribution < -0.4 is 15.0 Å². The number of hydrogen-bond donors (Lipinski definition) is 1. The van der Waals surface area contributed by atoms with Gasteiger partial charge in [0.1, 0.15) is 18.3 Å². The number of anilines is 2. The van der Waals surface area contributed by atoms with Crippen LogP contribution in [0.25, 0.3) is 5.69 Å². The standard InChI is InChI=1S/C30H27ClN4O3/c1-38-24-16-8-20(9-17-24)29-27-7-4-18-33(27)25-5-2-3-6-26(25)35(29)28(36)19-34(23-14-15-23)30(37)32-22-12-10-21(31)11-13-22/h2-13,16-18,23,29H,14-15,19H2,1H3,(H,32,37). The highest BCUT2D eigenvalue weighted by Gasteiger charge is 2.40. The molecule has 0 bridgehead atoms. The first-order valence-electron chi connectivity index (χ1n) is 12.6. The number of rotatable bonds is 6. The molecule has 1 aromatic heterocycles. The van der Waals surface area contributed by atoms with Crippen LogP contribution >= 0.6 is 11.6 Å². The third-order valence-electron chi connectivity index (χ3n) is 7.07. The molecule has 0 saturated heterocycles. The van der Waals surface area contributed by atoms with E-state index in [0.29, 0.717) is 10.7 Å². The van der Waals surface area contributed by atoms with E-state index < -0.39 is 0 Å². The summed E-state index contributed by atoms with van der Waals surface area (Å²) in [4.78, 5) is 31.0. The molecule has 3 amide bonds. The number of urea groups is 1. The number of fused-ring (bicyclic) bond motifs is 3. The predicted octanol–water partition coefficient (Wildman–Crippen LogP) is 6.27. The molecule has 1 unspecified atom stereocenters. The van der Waals surface area contributed by atoms with E-state index in [1.165, 1.54) is 0 Å². The number of nitrogens with zero attached hydrogens (tertiary/aromatic N) is 3. The van der Waals surface area contributed by atoms with Crippen molar-refractivity contribution < 1.29 is 14.3 Å². The molecule has 1 fully saturated rings. The lowest BCUT2D eigenvalue weighted by Gasteiger charge is -2.39. The zero-order chi connectivity index (χ0) is 26.2. The van der Waals surface area contributed by atoms with E-state index in [-0.39, 0.29) is 30.6 Å². The Balaban J connectivity index is 1.35. The molecule has 38 heavy (non-hydrogen) atoms. The minimum Gasteiger partial charge on any atom is -0.497 e. The molecule has 0 spiro atoms. The number of halogens is 1. The van der Waals surface area contributed by atoms with Gasteiger partial charge in [-0.25, -0.2) is 4.79 Å². The monoisotopic (exact) mass is 526 g/mol. The van der Waals surface area contributed by atoms with E-state index in [4.69, 9.17) is 16.3 Å². The van der Waals surface area contributed by atoms with Crippen molar-refractivity contribution in [3.8, 4) is 11.4 Å². The molecule has 3 aromatic carbocycles. The van der Waals surface area contributed by atoms with Crippen molar-refractivity contribution in [1.29, 1.82) is 0 Å². The molecule has 4 aromatic rings. The minimum atomic E-state index is -0.362. The van der Waals surface area contributed by atoms with Crippen LogP contribution in [0.2, 0.25) is 5.02 Å². The first-order valence-corrected chi connectivity index (χ1v) is 13.0. The summed E-state index contributed by atoms with van der Waals surface area (Å²) in [6.07, 6.45) is 3.77. The Bertz CT molecular complexity index is 1480. The van der Waals surface area contributed by atoms with Crippen LogP contribution in [0.5, 0.6) is 5.75 Å². The predicted molar refractivity (Wildman–Crippen MR) is 148 cm³/mol. The van der Waals surface area contributed by atoms with Gasteiger partial charge in [0.25, 0.3) is 0 Å². The summed E-state index contributed by atoms with van der Waals surface area (Å²) < 4.78 is 7.49. The Hall–Kier alpha value is -4.23. The lowest BCUT2D eigenvalue weighted by Crippen LogP contribution is -2.48. The van der Waals surface area contributed by atoms with Crippen molar-refractivity contribution in [2.75, 3.05) is 23.9 Å². The highest BCUT2D eigenvalue weighted by Crippen LogP contribution is 2.43. The van der Waals surface area contributed by atoms with Gasteiger partial charge in [-0.2, -0.15) is 0 Å². The quantitative estimate of drug-likeness (QED) is 0.322. The van der Waals surface area contributed by atoms with E-state index in [1.807, 2.05) is 71.8 Å². The van der Waals surface area contributed by atoms with E-state index >= 15 is 0 Å². The van der Waals surface area contributed by atoms with Crippen molar-refractivity contribution in [2.45, 2.75) is 24.9 Å². The largest absolute Gasteiger partial charge is 0.497 e. The molecule has 1 atom stereocenters. The number of hydrogen-bond acceptors (Lipinski definition) is 3. The fourth-order valence-corrected chi connectivity index (χ4v) is 5.19. The van der Waals surface area contributed by atoms with E-state index in [9.17, 15) is 9.59 Å². The number of carbonyl (C=O) groups is 2. The smallest absolute Gasteiger partial charge is 0.322 e. The van der Waals surface area contributed by atoms with Crippen molar-refractivity contribution in [3.05, 3.63) is 107 Å². The van der Waals surface area contributed by atoms with Gasteiger partial charge in [0.2, 0.25) is 5.91 Å². The first-order chi connectivity index (χ1) is 18.5. The van der Waals surface area contributed by atoms with Crippen molar-refractivity contribution >= 4 is 34.9 Å². The van der Waals surface area contributed by atoms with Crippen molar-refractivity contribution in [1.82, 2.24) is 9.47 Å². The van der Waals surface area contributed by atoms with Crippen LogP contribution in [0.4, 0.5) is 16.2 Å². The molecule has 1 aliphatic heterocycles. The van der Waals surface area contributed by atoms with Gasteiger partial charge in [0.15, 0.2) is 0 Å². The number of benzene rings is 3. The number of para-hydroxylation sites is 2. The lowest BCUT2D eigenvalue weighted by molar-refractivity contribution is -0.119. The van der Waals surface area contributed by atoms with Crippen LogP contribution in [-0.4, -0.2) is 41.1 Å². The van der Waals surface area contributed by atoms with E-state index in [2.05, 4.69) is 9.88 Å². The summed E-state index contributed by atoms with van der Waals surface area (Å²) in [5.41, 5.74) is 4.29. The molecule has 192 valence electrons. The van der Waals surface area contributed by atoms with Crippen LogP contribution in [-0.2, 0) is 4.79 Å². The summed E-state index contributed by atoms with van der Waals surface area (Å²) in [5.74, 6) is 0.598. The van der Waals surface area contributed by atoms with Gasteiger partial charge in [0, 0.05) is 22.9 Å². The highest BCUT2D eigenvalue weighted by molar-refractivity contribution is 6.30. The SMILES string of the molecule is COc1ccc(C2c3cccn3-c3ccccc3N2C(=O)CN(C(=O)Nc2ccc(Cl)cc2)C2CC2)cc1. The van der Waals surface area contributed by atoms with E-state index in [0.717, 1.165) is 41.2 Å². The summed E-state index contributed by atoms with van der Waals surface area (Å²) >= 11 is 5.99. The Morgan fingerprint density at radius 1 is 0.947 bits per heavy atom. The molecule has 6 rings (SSSR count). The maximum absolute atomic E-state index is 14.2. The van der Waals surface area contributed by atoms with E-state index in [1.54, 1.807) is 36.3 Å². The number of methoxy groups -OCH3 is 1. The Morgan fingerprint density at radius 3 is 2.34 bits per heavy atom. The molecule has 7 nitrogen and oxygen atoms in total. The van der Waals surface area contributed by atoms with Crippen LogP contribution in [0.3, 0.4) is 0 Å². The van der Waals surface area contributed by atoms with Crippen molar-refractivity contribution in [2.24, 2.45) is 0 Å². The summed E-state index contributed by atoms with van der Waals surface area (Å²) in [6.45, 7) is -0.0359. The third-order valence-corrected chi connectivity index (χ3v) is 7.32. The van der Waals surface area contributed by atoms with Crippen molar-refractivity contribution in [3.63, 3.8) is 0 Å². The normalized spacial score (nSPS) is 15.8. The Morgan fingerprint density at radius 2 is 1.66 bits per heavy atom. The third kappa shape index (κ3) is 4.50. The van der Waals surface area contributed by atoms with Gasteiger partial charge in [-0.1, -0.05) is 35.9 Å². The Labute approximate surface area is 226 Å². The first kappa shape index (κ1) is 24.1. The minimum absolute atomic E-state index is 0.0359. The molecule has 1 aliphatic carbocycles. The molecule has 8 heteroatoms. The number of nitrogens with one attached hydrogen (secondary N) is 1. The molecule has 0 radical (unpaired) electrons. The zero-order valence-corrected chi connectivity index (χ0v) is 21.6. The van der Waals surface area contributed by atoms with Gasteiger partial charge in [-0.15, -0.1) is 0 Å². The fourth-order valence-electron chi connectivity index (χ4n) is 5.07. The average Bonchev–Trinajstić information content (AvgIpc) is 3.67. The molecule has 2 aliphatic rings. The average molecular weight is 527 g/mol. The molecular weight excluding hydrogens is 500 g/mol. The van der Waals surface area contributed by atoms with Crippen LogP contribution in [0, 0.1) is 0 Å².